The van der Waals surface area contributed by atoms with E-state index < -0.39 is 0 Å². The maximum absolute atomic E-state index is 12.0. The Balaban J connectivity index is 2.19. The number of rotatable bonds is 5. The fraction of sp³-hybridized carbons (Fsp3) is 0.375. The first-order chi connectivity index (χ1) is 10.4. The zero-order chi connectivity index (χ0) is 16.3. The van der Waals surface area contributed by atoms with E-state index >= 15 is 0 Å². The molecule has 3 N–H and O–H groups in total. The zero-order valence-electron chi connectivity index (χ0n) is 12.9. The summed E-state index contributed by atoms with van der Waals surface area (Å²) in [4.78, 5) is 17.7. The van der Waals surface area contributed by atoms with E-state index in [0.717, 1.165) is 25.6 Å². The van der Waals surface area contributed by atoms with Crippen LogP contribution in [0.4, 0.5) is 0 Å². The number of halogens is 1. The van der Waals surface area contributed by atoms with E-state index in [-0.39, 0.29) is 17.9 Å². The molecule has 0 fully saturated rings. The molecule has 0 aliphatic rings. The molecule has 0 radical (unpaired) electrons. The number of aromatic nitrogens is 1. The van der Waals surface area contributed by atoms with Crippen molar-refractivity contribution in [3.63, 3.8) is 0 Å². The monoisotopic (exact) mass is 381 g/mol. The summed E-state index contributed by atoms with van der Waals surface area (Å²) < 4.78 is 1.04. The fourth-order valence-electron chi connectivity index (χ4n) is 2.05. The van der Waals surface area contributed by atoms with E-state index in [1.807, 2.05) is 45.0 Å². The molecule has 0 aliphatic carbocycles. The maximum Gasteiger partial charge on any atom is 0.224 e. The van der Waals surface area contributed by atoms with Crippen LogP contribution in [0.3, 0.4) is 0 Å². The van der Waals surface area contributed by atoms with Gasteiger partial charge in [-0.15, -0.1) is 11.3 Å². The topological polar surface area (TPSA) is 68.0 Å². The summed E-state index contributed by atoms with van der Waals surface area (Å²) in [5.74, 6) is -0.199. The highest BCUT2D eigenvalue weighted by Crippen LogP contribution is 2.32. The minimum absolute atomic E-state index is 0.0204. The number of nitrogens with zero attached hydrogens (tertiary/aromatic N) is 1. The highest BCUT2D eigenvalue weighted by atomic mass is 79.9. The van der Waals surface area contributed by atoms with E-state index in [1.54, 1.807) is 11.3 Å². The van der Waals surface area contributed by atoms with Gasteiger partial charge in [0.1, 0.15) is 5.01 Å². The minimum atomic E-state index is -0.179. The van der Waals surface area contributed by atoms with Gasteiger partial charge >= 0.3 is 0 Å². The molecule has 0 bridgehead atoms. The van der Waals surface area contributed by atoms with Crippen LogP contribution in [-0.4, -0.2) is 17.4 Å². The Bertz CT molecular complexity index is 654. The summed E-state index contributed by atoms with van der Waals surface area (Å²) >= 11 is 5.05. The summed E-state index contributed by atoms with van der Waals surface area (Å²) in [7, 11) is 0. The van der Waals surface area contributed by atoms with Gasteiger partial charge in [-0.3, -0.25) is 4.79 Å². The van der Waals surface area contributed by atoms with Crippen LogP contribution in [0.2, 0.25) is 0 Å². The molecular weight excluding hydrogens is 362 g/mol. The first kappa shape index (κ1) is 17.1. The molecule has 2 aromatic rings. The Labute approximate surface area is 143 Å². The molecule has 1 aromatic heterocycles. The Kier molecular flexibility index (Phi) is 5.72. The van der Waals surface area contributed by atoms with Crippen molar-refractivity contribution in [1.29, 1.82) is 0 Å². The summed E-state index contributed by atoms with van der Waals surface area (Å²) in [6, 6.07) is 8.00. The van der Waals surface area contributed by atoms with Gasteiger partial charge in [0.15, 0.2) is 0 Å². The van der Waals surface area contributed by atoms with E-state index in [9.17, 15) is 4.79 Å². The lowest BCUT2D eigenvalue weighted by molar-refractivity contribution is -0.124. The number of aryl methyl sites for hydroxylation is 1. The number of hydrogen-bond acceptors (Lipinski definition) is 4. The second-order valence-electron chi connectivity index (χ2n) is 5.34. The van der Waals surface area contributed by atoms with Crippen molar-refractivity contribution in [2.45, 2.75) is 26.8 Å². The second-order valence-corrected chi connectivity index (χ2v) is 7.29. The first-order valence-electron chi connectivity index (χ1n) is 7.16. The van der Waals surface area contributed by atoms with Crippen molar-refractivity contribution in [3.8, 4) is 10.6 Å². The SMILES string of the molecule is Cc1nc(-c2ccc(Br)cc2)sc1C(C)NC(=O)C(C)CN. The predicted octanol–water partition coefficient (Wildman–Crippen LogP) is 3.65. The molecule has 0 saturated carbocycles. The smallest absolute Gasteiger partial charge is 0.224 e. The predicted molar refractivity (Wildman–Crippen MR) is 94.8 cm³/mol. The molecule has 2 atom stereocenters. The van der Waals surface area contributed by atoms with Gasteiger partial charge in [-0.2, -0.15) is 0 Å². The molecule has 4 nitrogen and oxygen atoms in total. The standard InChI is InChI=1S/C16H20BrN3OS/c1-9(8-18)15(21)19-10(2)14-11(3)20-16(22-14)12-4-6-13(17)7-5-12/h4-7,9-10H,8,18H2,1-3H3,(H,19,21). The number of carbonyl (C=O) groups is 1. The third-order valence-electron chi connectivity index (χ3n) is 3.48. The van der Waals surface area contributed by atoms with Crippen molar-refractivity contribution in [2.75, 3.05) is 6.54 Å². The van der Waals surface area contributed by atoms with Gasteiger partial charge in [0.25, 0.3) is 0 Å². The molecule has 0 aliphatic heterocycles. The van der Waals surface area contributed by atoms with Gasteiger partial charge in [-0.25, -0.2) is 4.98 Å². The molecule has 0 saturated heterocycles. The van der Waals surface area contributed by atoms with Gasteiger partial charge < -0.3 is 11.1 Å². The Hall–Kier alpha value is -1.24. The number of nitrogens with one attached hydrogen (secondary N) is 1. The minimum Gasteiger partial charge on any atom is -0.348 e. The Morgan fingerprint density at radius 3 is 2.59 bits per heavy atom. The second kappa shape index (κ2) is 7.35. The fourth-order valence-corrected chi connectivity index (χ4v) is 3.39. The molecule has 22 heavy (non-hydrogen) atoms. The van der Waals surface area contributed by atoms with Gasteiger partial charge in [-0.1, -0.05) is 35.0 Å². The van der Waals surface area contributed by atoms with Crippen molar-refractivity contribution >= 4 is 33.2 Å². The summed E-state index contributed by atoms with van der Waals surface area (Å²) in [5.41, 5.74) is 7.57. The van der Waals surface area contributed by atoms with Crippen molar-refractivity contribution in [1.82, 2.24) is 10.3 Å². The molecule has 1 heterocycles. The van der Waals surface area contributed by atoms with Crippen molar-refractivity contribution in [2.24, 2.45) is 11.7 Å². The number of nitrogens with two attached hydrogens (primary N) is 1. The highest BCUT2D eigenvalue weighted by molar-refractivity contribution is 9.10. The zero-order valence-corrected chi connectivity index (χ0v) is 15.3. The lowest BCUT2D eigenvalue weighted by Crippen LogP contribution is -2.34. The third-order valence-corrected chi connectivity index (χ3v) is 5.39. The van der Waals surface area contributed by atoms with Gasteiger partial charge in [-0.05, 0) is 26.0 Å². The number of amides is 1. The van der Waals surface area contributed by atoms with Gasteiger partial charge in [0.05, 0.1) is 16.6 Å². The Morgan fingerprint density at radius 1 is 1.36 bits per heavy atom. The van der Waals surface area contributed by atoms with Crippen LogP contribution in [0, 0.1) is 12.8 Å². The van der Waals surface area contributed by atoms with E-state index in [2.05, 4.69) is 26.2 Å². The number of benzene rings is 1. The van der Waals surface area contributed by atoms with Gasteiger partial charge in [0, 0.05) is 22.5 Å². The van der Waals surface area contributed by atoms with Gasteiger partial charge in [0.2, 0.25) is 5.91 Å². The molecule has 2 rings (SSSR count). The van der Waals surface area contributed by atoms with Crippen LogP contribution < -0.4 is 11.1 Å². The van der Waals surface area contributed by atoms with Crippen LogP contribution >= 0.6 is 27.3 Å². The van der Waals surface area contributed by atoms with Crippen LogP contribution in [0.15, 0.2) is 28.7 Å². The summed E-state index contributed by atoms with van der Waals surface area (Å²) in [6.45, 7) is 6.13. The van der Waals surface area contributed by atoms with Crippen molar-refractivity contribution in [3.05, 3.63) is 39.3 Å². The Morgan fingerprint density at radius 2 is 2.00 bits per heavy atom. The van der Waals surface area contributed by atoms with Crippen LogP contribution in [0.25, 0.3) is 10.6 Å². The molecule has 0 spiro atoms. The third kappa shape index (κ3) is 3.94. The van der Waals surface area contributed by atoms with Crippen LogP contribution in [0.1, 0.15) is 30.5 Å². The largest absolute Gasteiger partial charge is 0.348 e. The summed E-state index contributed by atoms with van der Waals surface area (Å²) in [5, 5.41) is 3.97. The number of hydrogen-bond donors (Lipinski definition) is 2. The average Bonchev–Trinajstić information content (AvgIpc) is 2.89. The molecular formula is C16H20BrN3OS. The molecule has 2 unspecified atom stereocenters. The lowest BCUT2D eigenvalue weighted by atomic mass is 10.1. The number of carbonyl (C=O) groups excluding carboxylic acids is 1. The maximum atomic E-state index is 12.0. The molecule has 118 valence electrons. The summed E-state index contributed by atoms with van der Waals surface area (Å²) in [6.07, 6.45) is 0. The normalized spacial score (nSPS) is 13.7. The quantitative estimate of drug-likeness (QED) is 0.830. The molecule has 1 aromatic carbocycles. The van der Waals surface area contributed by atoms with Crippen LogP contribution in [0.5, 0.6) is 0 Å². The lowest BCUT2D eigenvalue weighted by Gasteiger charge is -2.15. The van der Waals surface area contributed by atoms with Crippen molar-refractivity contribution < 1.29 is 4.79 Å². The van der Waals surface area contributed by atoms with E-state index in [1.165, 1.54) is 0 Å². The van der Waals surface area contributed by atoms with E-state index in [4.69, 9.17) is 5.73 Å². The van der Waals surface area contributed by atoms with Crippen LogP contribution in [-0.2, 0) is 4.79 Å². The molecule has 1 amide bonds. The highest BCUT2D eigenvalue weighted by Gasteiger charge is 2.19. The molecule has 6 heteroatoms. The first-order valence-corrected chi connectivity index (χ1v) is 8.77. The number of thiazole rings is 1. The van der Waals surface area contributed by atoms with E-state index in [0.29, 0.717) is 6.54 Å². The average molecular weight is 382 g/mol.